The molecule has 4 rings (SSSR count). The van der Waals surface area contributed by atoms with Gasteiger partial charge in [0.1, 0.15) is 5.75 Å². The van der Waals surface area contributed by atoms with Gasteiger partial charge in [0.2, 0.25) is 0 Å². The molecule has 1 aliphatic heterocycles. The van der Waals surface area contributed by atoms with Gasteiger partial charge >= 0.3 is 0 Å². The number of nitriles is 1. The van der Waals surface area contributed by atoms with E-state index in [4.69, 9.17) is 11.6 Å². The van der Waals surface area contributed by atoms with Crippen molar-refractivity contribution in [2.75, 3.05) is 44.2 Å². The van der Waals surface area contributed by atoms with E-state index in [2.05, 4.69) is 33.3 Å². The summed E-state index contributed by atoms with van der Waals surface area (Å²) in [6.45, 7) is 6.02. The van der Waals surface area contributed by atoms with E-state index in [1.165, 1.54) is 37.6 Å². The molecule has 2 aromatic rings. The monoisotopic (exact) mass is 522 g/mol. The molecule has 1 saturated carbocycles. The molecule has 0 radical (unpaired) electrons. The van der Waals surface area contributed by atoms with E-state index in [0.717, 1.165) is 62.8 Å². The third-order valence-electron chi connectivity index (χ3n) is 8.17. The molecule has 37 heavy (non-hydrogen) atoms. The first-order valence-corrected chi connectivity index (χ1v) is 14.1. The lowest BCUT2D eigenvalue weighted by Crippen LogP contribution is -2.47. The van der Waals surface area contributed by atoms with Gasteiger partial charge in [-0.1, -0.05) is 36.6 Å². The molecule has 6 nitrogen and oxygen atoms in total. The minimum absolute atomic E-state index is 0.00754. The van der Waals surface area contributed by atoms with E-state index in [1.807, 2.05) is 12.1 Å². The topological polar surface area (TPSA) is 79.6 Å². The first-order valence-electron chi connectivity index (χ1n) is 13.7. The molecule has 1 amide bonds. The number of para-hydroxylation sites is 1. The Labute approximate surface area is 226 Å². The highest BCUT2D eigenvalue weighted by atomic mass is 35.5. The average Bonchev–Trinajstić information content (AvgIpc) is 2.93. The zero-order chi connectivity index (χ0) is 26.0. The van der Waals surface area contributed by atoms with Crippen molar-refractivity contribution in [1.29, 1.82) is 5.26 Å². The smallest absolute Gasteiger partial charge is 0.255 e. The third kappa shape index (κ3) is 7.87. The molecule has 2 aliphatic rings. The van der Waals surface area contributed by atoms with Crippen LogP contribution in [-0.4, -0.2) is 55.2 Å². The van der Waals surface area contributed by atoms with Gasteiger partial charge < -0.3 is 15.3 Å². The van der Waals surface area contributed by atoms with E-state index in [0.29, 0.717) is 18.0 Å². The van der Waals surface area contributed by atoms with Gasteiger partial charge in [-0.2, -0.15) is 5.26 Å². The van der Waals surface area contributed by atoms with Gasteiger partial charge in [0, 0.05) is 49.4 Å². The molecule has 1 unspecified atom stereocenters. The molecule has 0 bridgehead atoms. The number of halogens is 1. The molecular formula is C30H39ClN4O2. The first-order chi connectivity index (χ1) is 18.0. The first kappa shape index (κ1) is 27.3. The van der Waals surface area contributed by atoms with Crippen LogP contribution in [0.15, 0.2) is 48.5 Å². The second-order valence-electron chi connectivity index (χ2n) is 10.5. The number of amides is 1. The summed E-state index contributed by atoms with van der Waals surface area (Å²) in [6.07, 6.45) is 7.55. The van der Waals surface area contributed by atoms with Gasteiger partial charge in [-0.05, 0) is 86.9 Å². The predicted molar refractivity (Wildman–Crippen MR) is 149 cm³/mol. The van der Waals surface area contributed by atoms with E-state index >= 15 is 0 Å². The summed E-state index contributed by atoms with van der Waals surface area (Å²) in [5.74, 6) is 1.02. The van der Waals surface area contributed by atoms with Crippen LogP contribution in [0.3, 0.4) is 0 Å². The van der Waals surface area contributed by atoms with Crippen LogP contribution in [0.25, 0.3) is 0 Å². The van der Waals surface area contributed by atoms with Crippen molar-refractivity contribution in [2.45, 2.75) is 44.9 Å². The standard InChI is InChI=1S/C30H39ClN4O2/c31-26-11-13-27(14-12-26)35-20-18-34(19-21-35)17-15-23-7-9-24(10-8-23)25(22-32)4-3-16-33-30(37)28-5-1-2-6-29(28)36/h1-2,5-6,11-14,23-25,36H,3-4,7-10,15-21H2,(H,33,37). The Balaban J connectivity index is 1.10. The van der Waals surface area contributed by atoms with E-state index in [9.17, 15) is 15.2 Å². The van der Waals surface area contributed by atoms with Crippen LogP contribution < -0.4 is 10.2 Å². The van der Waals surface area contributed by atoms with Gasteiger partial charge in [-0.25, -0.2) is 0 Å². The summed E-state index contributed by atoms with van der Waals surface area (Å²) < 4.78 is 0. The molecule has 0 spiro atoms. The lowest BCUT2D eigenvalue weighted by atomic mass is 9.74. The van der Waals surface area contributed by atoms with Crippen LogP contribution in [0, 0.1) is 29.1 Å². The van der Waals surface area contributed by atoms with Crippen LogP contribution in [-0.2, 0) is 0 Å². The number of benzene rings is 2. The van der Waals surface area contributed by atoms with Gasteiger partial charge in [0.15, 0.2) is 0 Å². The Morgan fingerprint density at radius 3 is 2.43 bits per heavy atom. The number of aromatic hydroxyl groups is 1. The van der Waals surface area contributed by atoms with Crippen molar-refractivity contribution >= 4 is 23.2 Å². The highest BCUT2D eigenvalue weighted by Crippen LogP contribution is 2.36. The van der Waals surface area contributed by atoms with Crippen molar-refractivity contribution in [3.05, 3.63) is 59.1 Å². The van der Waals surface area contributed by atoms with E-state index in [1.54, 1.807) is 18.2 Å². The number of rotatable bonds is 10. The minimum Gasteiger partial charge on any atom is -0.507 e. The largest absolute Gasteiger partial charge is 0.507 e. The Morgan fingerprint density at radius 2 is 1.76 bits per heavy atom. The number of phenolic OH excluding ortho intramolecular Hbond substituents is 1. The lowest BCUT2D eigenvalue weighted by molar-refractivity contribution is 0.0949. The summed E-state index contributed by atoms with van der Waals surface area (Å²) in [6, 6.07) is 17.3. The minimum atomic E-state index is -0.265. The number of nitrogens with one attached hydrogen (secondary N) is 1. The zero-order valence-corrected chi connectivity index (χ0v) is 22.4. The van der Waals surface area contributed by atoms with Gasteiger partial charge in [0.05, 0.1) is 11.6 Å². The predicted octanol–water partition coefficient (Wildman–Crippen LogP) is 5.71. The lowest BCUT2D eigenvalue weighted by Gasteiger charge is -2.37. The molecule has 2 fully saturated rings. The molecule has 1 saturated heterocycles. The fraction of sp³-hybridized carbons (Fsp3) is 0.533. The van der Waals surface area contributed by atoms with Crippen molar-refractivity contribution in [1.82, 2.24) is 10.2 Å². The Bertz CT molecular complexity index is 1040. The number of phenols is 1. The van der Waals surface area contributed by atoms with Crippen molar-refractivity contribution < 1.29 is 9.90 Å². The summed E-state index contributed by atoms with van der Waals surface area (Å²) in [4.78, 5) is 17.3. The highest BCUT2D eigenvalue weighted by molar-refractivity contribution is 6.30. The number of anilines is 1. The molecule has 1 atom stereocenters. The number of nitrogens with zero attached hydrogens (tertiary/aromatic N) is 3. The van der Waals surface area contributed by atoms with Crippen molar-refractivity contribution in [3.8, 4) is 11.8 Å². The number of carbonyl (C=O) groups is 1. The molecule has 7 heteroatoms. The highest BCUT2D eigenvalue weighted by Gasteiger charge is 2.28. The van der Waals surface area contributed by atoms with Crippen LogP contribution in [0.1, 0.15) is 55.3 Å². The SMILES string of the molecule is N#CC(CCCNC(=O)c1ccccc1O)C1CCC(CCN2CCN(c3ccc(Cl)cc3)CC2)CC1. The van der Waals surface area contributed by atoms with Crippen LogP contribution in [0.5, 0.6) is 5.75 Å². The van der Waals surface area contributed by atoms with Crippen LogP contribution >= 0.6 is 11.6 Å². The Hall–Kier alpha value is -2.75. The maximum absolute atomic E-state index is 12.2. The Morgan fingerprint density at radius 1 is 1.05 bits per heavy atom. The molecule has 198 valence electrons. The summed E-state index contributed by atoms with van der Waals surface area (Å²) in [5.41, 5.74) is 1.55. The average molecular weight is 523 g/mol. The molecular weight excluding hydrogens is 484 g/mol. The number of carbonyl (C=O) groups excluding carboxylic acids is 1. The molecule has 1 aliphatic carbocycles. The number of hydrogen-bond donors (Lipinski definition) is 2. The normalized spacial score (nSPS) is 21.2. The summed E-state index contributed by atoms with van der Waals surface area (Å²) in [7, 11) is 0. The quantitative estimate of drug-likeness (QED) is 0.390. The third-order valence-corrected chi connectivity index (χ3v) is 8.42. The molecule has 2 N–H and O–H groups in total. The second-order valence-corrected chi connectivity index (χ2v) is 11.0. The van der Waals surface area contributed by atoms with E-state index in [-0.39, 0.29) is 17.6 Å². The van der Waals surface area contributed by atoms with Gasteiger partial charge in [0.25, 0.3) is 5.91 Å². The maximum atomic E-state index is 12.2. The summed E-state index contributed by atoms with van der Waals surface area (Å²) in [5, 5.41) is 23.2. The Kier molecular flexibility index (Phi) is 10.1. The molecule has 0 aromatic heterocycles. The van der Waals surface area contributed by atoms with Crippen molar-refractivity contribution in [2.24, 2.45) is 17.8 Å². The number of piperazine rings is 1. The van der Waals surface area contributed by atoms with Crippen LogP contribution in [0.2, 0.25) is 5.02 Å². The van der Waals surface area contributed by atoms with Crippen LogP contribution in [0.4, 0.5) is 5.69 Å². The molecule has 2 aromatic carbocycles. The second kappa shape index (κ2) is 13.7. The maximum Gasteiger partial charge on any atom is 0.255 e. The fourth-order valence-corrected chi connectivity index (χ4v) is 5.94. The van der Waals surface area contributed by atoms with E-state index < -0.39 is 0 Å². The number of hydrogen-bond acceptors (Lipinski definition) is 5. The zero-order valence-electron chi connectivity index (χ0n) is 21.6. The fourth-order valence-electron chi connectivity index (χ4n) is 5.82. The molecule has 1 heterocycles. The summed E-state index contributed by atoms with van der Waals surface area (Å²) >= 11 is 6.02. The van der Waals surface area contributed by atoms with Gasteiger partial charge in [-0.3, -0.25) is 9.69 Å². The van der Waals surface area contributed by atoms with Crippen molar-refractivity contribution in [3.63, 3.8) is 0 Å². The van der Waals surface area contributed by atoms with Gasteiger partial charge in [-0.15, -0.1) is 0 Å².